The summed E-state index contributed by atoms with van der Waals surface area (Å²) in [7, 11) is -3.84. The molecule has 0 aliphatic carbocycles. The average Bonchev–Trinajstić information content (AvgIpc) is 3.13. The number of anilines is 1. The number of hydrogen-bond donors (Lipinski definition) is 1. The maximum atomic E-state index is 12.9. The van der Waals surface area contributed by atoms with Crippen molar-refractivity contribution in [3.05, 3.63) is 42.2 Å². The normalized spacial score (nSPS) is 17.5. The quantitative estimate of drug-likeness (QED) is 0.920. The van der Waals surface area contributed by atoms with Gasteiger partial charge in [-0.3, -0.25) is 13.8 Å². The van der Waals surface area contributed by atoms with E-state index in [9.17, 15) is 18.3 Å². The zero-order valence-corrected chi connectivity index (χ0v) is 13.6. The van der Waals surface area contributed by atoms with E-state index in [0.717, 1.165) is 4.31 Å². The zero-order chi connectivity index (χ0) is 16.8. The highest BCUT2D eigenvalue weighted by Crippen LogP contribution is 2.39. The topological polar surface area (TPSA) is 92.5 Å². The number of benzene rings is 1. The van der Waals surface area contributed by atoms with Crippen molar-refractivity contribution in [1.82, 2.24) is 9.78 Å². The summed E-state index contributed by atoms with van der Waals surface area (Å²) in [5.74, 6) is -1.89. The van der Waals surface area contributed by atoms with E-state index in [0.29, 0.717) is 11.3 Å². The Hall–Kier alpha value is -2.35. The Balaban J connectivity index is 2.05. The first-order valence-electron chi connectivity index (χ1n) is 7.21. The van der Waals surface area contributed by atoms with Crippen LogP contribution in [0.15, 0.2) is 41.6 Å². The Morgan fingerprint density at radius 1 is 1.35 bits per heavy atom. The van der Waals surface area contributed by atoms with Gasteiger partial charge in [0.15, 0.2) is 0 Å². The number of aromatic nitrogens is 2. The number of fused-ring (bicyclic) bond motifs is 1. The first kappa shape index (κ1) is 15.5. The molecular weight excluding hydrogens is 318 g/mol. The molecule has 1 atom stereocenters. The number of carbonyl (C=O) groups is 1. The number of hydrogen-bond acceptors (Lipinski definition) is 4. The van der Waals surface area contributed by atoms with Crippen molar-refractivity contribution in [2.24, 2.45) is 0 Å². The summed E-state index contributed by atoms with van der Waals surface area (Å²) in [6, 6.07) is 6.73. The number of nitrogens with zero attached hydrogens (tertiary/aromatic N) is 3. The van der Waals surface area contributed by atoms with Gasteiger partial charge in [-0.1, -0.05) is 18.2 Å². The molecule has 8 heteroatoms. The van der Waals surface area contributed by atoms with Crippen molar-refractivity contribution in [1.29, 1.82) is 0 Å². The number of para-hydroxylation sites is 1. The van der Waals surface area contributed by atoms with E-state index < -0.39 is 21.9 Å². The molecule has 7 nitrogen and oxygen atoms in total. The van der Waals surface area contributed by atoms with E-state index in [2.05, 4.69) is 5.10 Å². The Kier molecular flexibility index (Phi) is 3.63. The first-order chi connectivity index (χ1) is 10.8. The molecule has 1 aliphatic rings. The van der Waals surface area contributed by atoms with Gasteiger partial charge < -0.3 is 5.11 Å². The largest absolute Gasteiger partial charge is 0.481 e. The Morgan fingerprint density at radius 3 is 2.65 bits per heavy atom. The molecule has 23 heavy (non-hydrogen) atoms. The second kappa shape index (κ2) is 5.38. The summed E-state index contributed by atoms with van der Waals surface area (Å²) in [4.78, 5) is 11.5. The highest BCUT2D eigenvalue weighted by atomic mass is 32.2. The molecule has 0 saturated carbocycles. The predicted octanol–water partition coefficient (Wildman–Crippen LogP) is 1.84. The highest BCUT2D eigenvalue weighted by Gasteiger charge is 2.40. The molecule has 1 aromatic carbocycles. The predicted molar refractivity (Wildman–Crippen MR) is 84.0 cm³/mol. The lowest BCUT2D eigenvalue weighted by molar-refractivity contribution is -0.138. The third-order valence-electron chi connectivity index (χ3n) is 3.92. The van der Waals surface area contributed by atoms with Gasteiger partial charge in [0.2, 0.25) is 0 Å². The second-order valence-corrected chi connectivity index (χ2v) is 7.60. The number of carboxylic acid groups (broad SMARTS) is 1. The molecule has 0 saturated heterocycles. The summed E-state index contributed by atoms with van der Waals surface area (Å²) in [6.07, 6.45) is 2.77. The number of sulfonamides is 1. The summed E-state index contributed by atoms with van der Waals surface area (Å²) in [5, 5.41) is 13.4. The lowest BCUT2D eigenvalue weighted by atomic mass is 10.0. The van der Waals surface area contributed by atoms with Crippen LogP contribution in [-0.4, -0.2) is 35.8 Å². The molecule has 1 N–H and O–H groups in total. The van der Waals surface area contributed by atoms with Crippen LogP contribution < -0.4 is 4.31 Å². The number of carboxylic acids is 1. The van der Waals surface area contributed by atoms with Crippen molar-refractivity contribution < 1.29 is 18.3 Å². The van der Waals surface area contributed by atoms with Crippen molar-refractivity contribution in [3.8, 4) is 0 Å². The minimum atomic E-state index is -3.84. The summed E-state index contributed by atoms with van der Waals surface area (Å²) in [5.41, 5.74) is 0.928. The fraction of sp³-hybridized carbons (Fsp3) is 0.333. The van der Waals surface area contributed by atoms with Gasteiger partial charge >= 0.3 is 5.97 Å². The summed E-state index contributed by atoms with van der Waals surface area (Å²) in [6.45, 7) is 3.69. The van der Waals surface area contributed by atoms with Crippen LogP contribution in [0.1, 0.15) is 31.4 Å². The monoisotopic (exact) mass is 335 g/mol. The van der Waals surface area contributed by atoms with Crippen molar-refractivity contribution >= 4 is 21.7 Å². The van der Waals surface area contributed by atoms with Crippen LogP contribution in [0.3, 0.4) is 0 Å². The molecule has 2 aromatic rings. The van der Waals surface area contributed by atoms with Crippen LogP contribution in [0.2, 0.25) is 0 Å². The van der Waals surface area contributed by atoms with Crippen molar-refractivity contribution in [2.75, 3.05) is 10.8 Å². The summed E-state index contributed by atoms with van der Waals surface area (Å²) < 4.78 is 28.5. The third kappa shape index (κ3) is 2.48. The van der Waals surface area contributed by atoms with Gasteiger partial charge in [0.1, 0.15) is 10.8 Å². The fourth-order valence-corrected chi connectivity index (χ4v) is 4.12. The van der Waals surface area contributed by atoms with E-state index >= 15 is 0 Å². The molecule has 122 valence electrons. The first-order valence-corrected chi connectivity index (χ1v) is 8.65. The van der Waals surface area contributed by atoms with Gasteiger partial charge in [0, 0.05) is 12.2 Å². The number of aliphatic carboxylic acids is 1. The van der Waals surface area contributed by atoms with E-state index in [4.69, 9.17) is 0 Å². The van der Waals surface area contributed by atoms with Gasteiger partial charge in [-0.05, 0) is 25.5 Å². The number of rotatable bonds is 4. The van der Waals surface area contributed by atoms with Crippen LogP contribution in [0, 0.1) is 0 Å². The third-order valence-corrected chi connectivity index (χ3v) is 5.65. The van der Waals surface area contributed by atoms with Gasteiger partial charge in [-0.15, -0.1) is 0 Å². The minimum Gasteiger partial charge on any atom is -0.481 e. The fourth-order valence-electron chi connectivity index (χ4n) is 2.67. The average molecular weight is 335 g/mol. The molecular formula is C15H17N3O4S. The van der Waals surface area contributed by atoms with Crippen molar-refractivity contribution in [3.63, 3.8) is 0 Å². The van der Waals surface area contributed by atoms with Crippen LogP contribution >= 0.6 is 0 Å². The second-order valence-electron chi connectivity index (χ2n) is 5.74. The molecule has 0 unspecified atom stereocenters. The smallest absolute Gasteiger partial charge is 0.312 e. The lowest BCUT2D eigenvalue weighted by Crippen LogP contribution is -2.31. The molecule has 0 fully saturated rings. The molecule has 3 rings (SSSR count). The van der Waals surface area contributed by atoms with Crippen LogP contribution in [0.5, 0.6) is 0 Å². The molecule has 0 radical (unpaired) electrons. The Labute approximate surface area is 134 Å². The molecule has 0 amide bonds. The Bertz CT molecular complexity index is 857. The van der Waals surface area contributed by atoms with Crippen LogP contribution in [0.4, 0.5) is 5.69 Å². The van der Waals surface area contributed by atoms with Gasteiger partial charge in [-0.25, -0.2) is 8.42 Å². The van der Waals surface area contributed by atoms with Crippen LogP contribution in [0.25, 0.3) is 0 Å². The zero-order valence-electron chi connectivity index (χ0n) is 12.7. The molecule has 1 aromatic heterocycles. The van der Waals surface area contributed by atoms with Gasteiger partial charge in [-0.2, -0.15) is 5.10 Å². The molecule has 1 aliphatic heterocycles. The Morgan fingerprint density at radius 2 is 2.04 bits per heavy atom. The van der Waals surface area contributed by atoms with E-state index in [-0.39, 0.29) is 17.5 Å². The van der Waals surface area contributed by atoms with Crippen molar-refractivity contribution in [2.45, 2.75) is 30.7 Å². The standard InChI is InChI=1S/C15H17N3O4S/c1-10(2)17-8-11(7-16-17)23(21,22)18-9-13(15(19)20)12-5-3-4-6-14(12)18/h3-8,10,13H,9H2,1-2H3,(H,19,20)/t13-/m1/s1. The maximum absolute atomic E-state index is 12.9. The minimum absolute atomic E-state index is 0.0385. The van der Waals surface area contributed by atoms with E-state index in [1.54, 1.807) is 28.9 Å². The highest BCUT2D eigenvalue weighted by molar-refractivity contribution is 7.92. The van der Waals surface area contributed by atoms with E-state index in [1.807, 2.05) is 13.8 Å². The summed E-state index contributed by atoms with van der Waals surface area (Å²) >= 11 is 0. The van der Waals surface area contributed by atoms with Crippen LogP contribution in [-0.2, 0) is 14.8 Å². The van der Waals surface area contributed by atoms with E-state index in [1.165, 1.54) is 12.4 Å². The molecule has 0 spiro atoms. The van der Waals surface area contributed by atoms with Gasteiger partial charge in [0.05, 0.1) is 18.4 Å². The van der Waals surface area contributed by atoms with Gasteiger partial charge in [0.25, 0.3) is 10.0 Å². The maximum Gasteiger partial charge on any atom is 0.312 e. The molecule has 0 bridgehead atoms. The lowest BCUT2D eigenvalue weighted by Gasteiger charge is -2.18. The SMILES string of the molecule is CC(C)n1cc(S(=O)(=O)N2C[C@@H](C(=O)O)c3ccccc32)cn1. The molecule has 2 heterocycles.